The van der Waals surface area contributed by atoms with Crippen molar-refractivity contribution >= 4 is 33.2 Å². The number of amides is 1. The molecule has 7 nitrogen and oxygen atoms in total. The van der Waals surface area contributed by atoms with Crippen LogP contribution in [-0.4, -0.2) is 19.9 Å². The predicted molar refractivity (Wildman–Crippen MR) is 114 cm³/mol. The summed E-state index contributed by atoms with van der Waals surface area (Å²) in [6.45, 7) is 3.25. The van der Waals surface area contributed by atoms with Crippen LogP contribution >= 0.6 is 11.6 Å². The van der Waals surface area contributed by atoms with Crippen LogP contribution < -0.4 is 14.8 Å². The van der Waals surface area contributed by atoms with Gasteiger partial charge in [0, 0.05) is 10.7 Å². The summed E-state index contributed by atoms with van der Waals surface area (Å²) >= 11 is 5.86. The first kappa shape index (κ1) is 21.9. The van der Waals surface area contributed by atoms with E-state index in [2.05, 4.69) is 10.0 Å². The number of furan rings is 1. The van der Waals surface area contributed by atoms with Crippen molar-refractivity contribution in [2.75, 3.05) is 5.32 Å². The number of halogens is 1. The fourth-order valence-corrected chi connectivity index (χ4v) is 3.69. The Morgan fingerprint density at radius 2 is 1.83 bits per heavy atom. The first-order valence-electron chi connectivity index (χ1n) is 9.04. The lowest BCUT2D eigenvalue weighted by atomic mass is 10.1. The number of benzene rings is 2. The molecule has 0 aliphatic rings. The molecule has 30 heavy (non-hydrogen) atoms. The fraction of sp³-hybridized carbons (Fsp3) is 0.190. The molecule has 0 aliphatic carbocycles. The van der Waals surface area contributed by atoms with Crippen molar-refractivity contribution in [3.63, 3.8) is 0 Å². The van der Waals surface area contributed by atoms with Gasteiger partial charge in [0.05, 0.1) is 17.7 Å². The molecule has 0 bridgehead atoms. The predicted octanol–water partition coefficient (Wildman–Crippen LogP) is 4.21. The third-order valence-corrected chi connectivity index (χ3v) is 5.80. The Balaban J connectivity index is 1.69. The number of carbonyl (C=O) groups excluding carboxylic acids is 1. The lowest BCUT2D eigenvalue weighted by Crippen LogP contribution is -2.42. The van der Waals surface area contributed by atoms with Crippen molar-refractivity contribution in [2.45, 2.75) is 30.9 Å². The number of nitrogens with one attached hydrogen (secondary N) is 2. The van der Waals surface area contributed by atoms with Crippen LogP contribution in [0.15, 0.2) is 76.2 Å². The summed E-state index contributed by atoms with van der Waals surface area (Å²) in [7, 11) is -3.79. The lowest BCUT2D eigenvalue weighted by Gasteiger charge is -2.25. The van der Waals surface area contributed by atoms with E-state index in [1.165, 1.54) is 18.4 Å². The first-order valence-corrected chi connectivity index (χ1v) is 10.9. The molecular weight excluding hydrogens is 428 g/mol. The van der Waals surface area contributed by atoms with Crippen molar-refractivity contribution in [2.24, 2.45) is 0 Å². The van der Waals surface area contributed by atoms with Gasteiger partial charge in [0.2, 0.25) is 10.0 Å². The number of hydrogen-bond acceptors (Lipinski definition) is 5. The number of ether oxygens (including phenoxy) is 1. The molecule has 2 N–H and O–H groups in total. The molecule has 0 fully saturated rings. The Morgan fingerprint density at radius 1 is 1.10 bits per heavy atom. The highest BCUT2D eigenvalue weighted by molar-refractivity contribution is 7.89. The van der Waals surface area contributed by atoms with E-state index >= 15 is 0 Å². The molecule has 0 aliphatic heterocycles. The topological polar surface area (TPSA) is 97.6 Å². The Bertz CT molecular complexity index is 1110. The van der Waals surface area contributed by atoms with Crippen molar-refractivity contribution in [3.8, 4) is 5.75 Å². The van der Waals surface area contributed by atoms with Gasteiger partial charge < -0.3 is 14.5 Å². The molecule has 0 spiro atoms. The first-order chi connectivity index (χ1) is 14.2. The summed E-state index contributed by atoms with van der Waals surface area (Å²) in [5.41, 5.74) is -0.881. The Hall–Kier alpha value is -2.81. The van der Waals surface area contributed by atoms with Gasteiger partial charge in [-0.05, 0) is 68.4 Å². The molecule has 1 amide bonds. The fourth-order valence-electron chi connectivity index (χ4n) is 2.53. The molecule has 0 unspecified atom stereocenters. The Labute approximate surface area is 180 Å². The van der Waals surface area contributed by atoms with Gasteiger partial charge in [0.1, 0.15) is 11.5 Å². The molecule has 9 heteroatoms. The standard InChI is InChI=1S/C21H21ClN2O5S/c1-21(2,29-17-10-8-15(22)9-11-17)20(25)24-16-5-3-7-19(13-16)30(26,27)23-14-18-6-4-12-28-18/h3-13,23H,14H2,1-2H3,(H,24,25). The summed E-state index contributed by atoms with van der Waals surface area (Å²) in [5, 5.41) is 3.25. The zero-order valence-corrected chi connectivity index (χ0v) is 18.0. The molecule has 0 saturated carbocycles. The van der Waals surface area contributed by atoms with Gasteiger partial charge in [-0.3, -0.25) is 4.79 Å². The highest BCUT2D eigenvalue weighted by Crippen LogP contribution is 2.23. The van der Waals surface area contributed by atoms with Gasteiger partial charge in [-0.1, -0.05) is 17.7 Å². The molecule has 3 aromatic rings. The van der Waals surface area contributed by atoms with Gasteiger partial charge in [-0.25, -0.2) is 13.1 Å². The van der Waals surface area contributed by atoms with E-state index in [-0.39, 0.29) is 11.4 Å². The van der Waals surface area contributed by atoms with E-state index in [4.69, 9.17) is 20.8 Å². The molecular formula is C21H21ClN2O5S. The van der Waals surface area contributed by atoms with Crippen molar-refractivity contribution < 1.29 is 22.4 Å². The van der Waals surface area contributed by atoms with Crippen LogP contribution in [0.5, 0.6) is 5.75 Å². The van der Waals surface area contributed by atoms with Crippen molar-refractivity contribution in [1.29, 1.82) is 0 Å². The smallest absolute Gasteiger partial charge is 0.267 e. The van der Waals surface area contributed by atoms with E-state index in [9.17, 15) is 13.2 Å². The van der Waals surface area contributed by atoms with Gasteiger partial charge in [0.15, 0.2) is 5.60 Å². The number of hydrogen-bond donors (Lipinski definition) is 2. The highest BCUT2D eigenvalue weighted by Gasteiger charge is 2.30. The van der Waals surface area contributed by atoms with Gasteiger partial charge in [-0.2, -0.15) is 0 Å². The second-order valence-corrected chi connectivity index (χ2v) is 9.16. The zero-order chi connectivity index (χ0) is 21.8. The van der Waals surface area contributed by atoms with Crippen LogP contribution in [0, 0.1) is 0 Å². The molecule has 158 valence electrons. The Morgan fingerprint density at radius 3 is 2.50 bits per heavy atom. The van der Waals surface area contributed by atoms with Crippen LogP contribution in [0.3, 0.4) is 0 Å². The number of anilines is 1. The SMILES string of the molecule is CC(C)(Oc1ccc(Cl)cc1)C(=O)Nc1cccc(S(=O)(=O)NCc2ccco2)c1. The zero-order valence-electron chi connectivity index (χ0n) is 16.4. The maximum Gasteiger partial charge on any atom is 0.267 e. The van der Waals surface area contributed by atoms with Crippen LogP contribution in [0.2, 0.25) is 5.02 Å². The van der Waals surface area contributed by atoms with Crippen molar-refractivity contribution in [3.05, 3.63) is 77.7 Å². The van der Waals surface area contributed by atoms with Gasteiger partial charge in [-0.15, -0.1) is 0 Å². The second-order valence-electron chi connectivity index (χ2n) is 6.95. The normalized spacial score (nSPS) is 11.8. The molecule has 1 heterocycles. The minimum absolute atomic E-state index is 0.0169. The van der Waals surface area contributed by atoms with Crippen LogP contribution in [0.4, 0.5) is 5.69 Å². The molecule has 0 atom stereocenters. The second kappa shape index (κ2) is 8.91. The molecule has 2 aromatic carbocycles. The van der Waals surface area contributed by atoms with E-state index in [1.807, 2.05) is 0 Å². The monoisotopic (exact) mass is 448 g/mol. The van der Waals surface area contributed by atoms with Crippen LogP contribution in [-0.2, 0) is 21.4 Å². The maximum atomic E-state index is 12.7. The van der Waals surface area contributed by atoms with Crippen LogP contribution in [0.1, 0.15) is 19.6 Å². The van der Waals surface area contributed by atoms with E-state index in [0.29, 0.717) is 22.2 Å². The number of rotatable bonds is 8. The summed E-state index contributed by atoms with van der Waals surface area (Å²) in [5.74, 6) is 0.540. The van der Waals surface area contributed by atoms with E-state index in [0.717, 1.165) is 0 Å². The number of sulfonamides is 1. The average Bonchev–Trinajstić information content (AvgIpc) is 3.22. The van der Waals surface area contributed by atoms with Gasteiger partial charge in [0.25, 0.3) is 5.91 Å². The third-order valence-electron chi connectivity index (χ3n) is 4.15. The lowest BCUT2D eigenvalue weighted by molar-refractivity contribution is -0.128. The minimum atomic E-state index is -3.79. The van der Waals surface area contributed by atoms with Gasteiger partial charge >= 0.3 is 0 Å². The average molecular weight is 449 g/mol. The van der Waals surface area contributed by atoms with E-state index in [1.54, 1.807) is 62.4 Å². The highest BCUT2D eigenvalue weighted by atomic mass is 35.5. The maximum absolute atomic E-state index is 12.7. The summed E-state index contributed by atoms with van der Waals surface area (Å²) in [4.78, 5) is 12.7. The molecule has 1 aromatic heterocycles. The summed E-state index contributed by atoms with van der Waals surface area (Å²) in [6, 6.07) is 16.0. The molecule has 0 radical (unpaired) electrons. The number of carbonyl (C=O) groups is 1. The molecule has 3 rings (SSSR count). The van der Waals surface area contributed by atoms with Crippen molar-refractivity contribution in [1.82, 2.24) is 4.72 Å². The minimum Gasteiger partial charge on any atom is -0.478 e. The third kappa shape index (κ3) is 5.63. The van der Waals surface area contributed by atoms with Crippen LogP contribution in [0.25, 0.3) is 0 Å². The largest absolute Gasteiger partial charge is 0.478 e. The summed E-state index contributed by atoms with van der Waals surface area (Å²) in [6.07, 6.45) is 1.47. The summed E-state index contributed by atoms with van der Waals surface area (Å²) < 4.78 is 38.4. The molecule has 0 saturated heterocycles. The Kier molecular flexibility index (Phi) is 6.50. The quantitative estimate of drug-likeness (QED) is 0.538. The van der Waals surface area contributed by atoms with E-state index < -0.39 is 21.5 Å².